The van der Waals surface area contributed by atoms with Gasteiger partial charge in [-0.05, 0) is 12.8 Å². The van der Waals surface area contributed by atoms with E-state index in [1.54, 1.807) is 4.90 Å². The molecule has 6 nitrogen and oxygen atoms in total. The number of rotatable bonds is 2. The molecule has 2 aliphatic rings. The van der Waals surface area contributed by atoms with Gasteiger partial charge in [-0.1, -0.05) is 0 Å². The van der Waals surface area contributed by atoms with E-state index in [-0.39, 0.29) is 24.5 Å². The lowest BCUT2D eigenvalue weighted by Crippen LogP contribution is -2.48. The molecular weight excluding hydrogens is 208 g/mol. The zero-order chi connectivity index (χ0) is 11.5. The smallest absolute Gasteiger partial charge is 0.317 e. The van der Waals surface area contributed by atoms with Gasteiger partial charge in [0.05, 0.1) is 6.54 Å². The van der Waals surface area contributed by atoms with Crippen LogP contribution >= 0.6 is 0 Å². The maximum atomic E-state index is 11.5. The van der Waals surface area contributed by atoms with E-state index in [4.69, 9.17) is 5.73 Å². The van der Waals surface area contributed by atoms with E-state index in [0.29, 0.717) is 13.1 Å². The maximum absolute atomic E-state index is 11.5. The van der Waals surface area contributed by atoms with Crippen molar-refractivity contribution in [1.29, 1.82) is 0 Å². The van der Waals surface area contributed by atoms with Gasteiger partial charge in [-0.15, -0.1) is 0 Å². The third-order valence-electron chi connectivity index (χ3n) is 3.32. The summed E-state index contributed by atoms with van der Waals surface area (Å²) < 4.78 is 0. The molecule has 3 amide bonds. The van der Waals surface area contributed by atoms with E-state index >= 15 is 0 Å². The fourth-order valence-electron chi connectivity index (χ4n) is 2.39. The van der Waals surface area contributed by atoms with Gasteiger partial charge < -0.3 is 20.9 Å². The molecule has 3 N–H and O–H groups in total. The van der Waals surface area contributed by atoms with Gasteiger partial charge in [0, 0.05) is 32.2 Å². The molecule has 6 heteroatoms. The predicted octanol–water partition coefficient (Wildman–Crippen LogP) is -1.04. The molecular formula is C10H18N4O2. The Morgan fingerprint density at radius 1 is 1.38 bits per heavy atom. The van der Waals surface area contributed by atoms with Crippen LogP contribution in [-0.2, 0) is 4.79 Å². The van der Waals surface area contributed by atoms with Crippen molar-refractivity contribution in [3.05, 3.63) is 0 Å². The highest BCUT2D eigenvalue weighted by atomic mass is 16.2. The number of piperidine rings is 1. The van der Waals surface area contributed by atoms with E-state index in [1.807, 2.05) is 4.90 Å². The van der Waals surface area contributed by atoms with Gasteiger partial charge in [-0.3, -0.25) is 4.79 Å². The Morgan fingerprint density at radius 3 is 2.56 bits per heavy atom. The van der Waals surface area contributed by atoms with Crippen molar-refractivity contribution in [2.24, 2.45) is 5.73 Å². The number of carbonyl (C=O) groups is 2. The van der Waals surface area contributed by atoms with Crippen LogP contribution in [0.5, 0.6) is 0 Å². The van der Waals surface area contributed by atoms with E-state index in [9.17, 15) is 9.59 Å². The summed E-state index contributed by atoms with van der Waals surface area (Å²) in [6, 6.07) is 0.313. The van der Waals surface area contributed by atoms with Crippen molar-refractivity contribution in [3.8, 4) is 0 Å². The van der Waals surface area contributed by atoms with Crippen molar-refractivity contribution < 1.29 is 9.59 Å². The second kappa shape index (κ2) is 4.69. The molecule has 0 aromatic carbocycles. The molecule has 2 heterocycles. The third-order valence-corrected chi connectivity index (χ3v) is 3.32. The van der Waals surface area contributed by atoms with Gasteiger partial charge in [0.1, 0.15) is 0 Å². The van der Waals surface area contributed by atoms with Crippen LogP contribution in [0.15, 0.2) is 0 Å². The summed E-state index contributed by atoms with van der Waals surface area (Å²) >= 11 is 0. The largest absolute Gasteiger partial charge is 0.341 e. The second-order valence-electron chi connectivity index (χ2n) is 4.24. The first-order valence-electron chi connectivity index (χ1n) is 5.74. The van der Waals surface area contributed by atoms with E-state index in [2.05, 4.69) is 5.32 Å². The highest BCUT2D eigenvalue weighted by Gasteiger charge is 2.31. The molecule has 0 atom stereocenters. The van der Waals surface area contributed by atoms with Crippen LogP contribution in [0.2, 0.25) is 0 Å². The molecule has 2 rings (SSSR count). The van der Waals surface area contributed by atoms with Crippen LogP contribution in [0.3, 0.4) is 0 Å². The van der Waals surface area contributed by atoms with Gasteiger partial charge in [-0.2, -0.15) is 0 Å². The molecule has 16 heavy (non-hydrogen) atoms. The minimum atomic E-state index is 0.00400. The minimum absolute atomic E-state index is 0.00400. The third kappa shape index (κ3) is 2.11. The molecule has 2 fully saturated rings. The Bertz CT molecular complexity index is 287. The Balaban J connectivity index is 1.85. The number of likely N-dealkylation sites (tertiary alicyclic amines) is 1. The maximum Gasteiger partial charge on any atom is 0.317 e. The van der Waals surface area contributed by atoms with E-state index < -0.39 is 0 Å². The van der Waals surface area contributed by atoms with Crippen molar-refractivity contribution in [1.82, 2.24) is 15.1 Å². The van der Waals surface area contributed by atoms with Crippen molar-refractivity contribution in [2.45, 2.75) is 18.9 Å². The van der Waals surface area contributed by atoms with Crippen molar-refractivity contribution in [2.75, 3.05) is 32.7 Å². The summed E-state index contributed by atoms with van der Waals surface area (Å²) in [5.41, 5.74) is 5.32. The summed E-state index contributed by atoms with van der Waals surface area (Å²) in [5, 5.41) is 2.80. The molecule has 90 valence electrons. The van der Waals surface area contributed by atoms with Crippen molar-refractivity contribution >= 4 is 11.9 Å². The number of carbonyl (C=O) groups excluding carboxylic acids is 2. The van der Waals surface area contributed by atoms with Crippen LogP contribution in [-0.4, -0.2) is 60.5 Å². The molecule has 0 bridgehead atoms. The number of hydrogen-bond acceptors (Lipinski definition) is 3. The quantitative estimate of drug-likeness (QED) is 0.631. The molecule has 0 unspecified atom stereocenters. The molecule has 0 aliphatic carbocycles. The highest BCUT2D eigenvalue weighted by molar-refractivity contribution is 5.78. The summed E-state index contributed by atoms with van der Waals surface area (Å²) in [6.07, 6.45) is 1.72. The van der Waals surface area contributed by atoms with Gasteiger partial charge in [0.15, 0.2) is 0 Å². The first-order chi connectivity index (χ1) is 7.72. The molecule has 0 spiro atoms. The molecule has 0 aromatic rings. The number of nitrogens with zero attached hydrogens (tertiary/aromatic N) is 2. The van der Waals surface area contributed by atoms with Crippen LogP contribution in [0.4, 0.5) is 4.79 Å². The Morgan fingerprint density at radius 2 is 2.06 bits per heavy atom. The summed E-state index contributed by atoms with van der Waals surface area (Å²) in [7, 11) is 0. The molecule has 2 saturated heterocycles. The van der Waals surface area contributed by atoms with Gasteiger partial charge in [-0.25, -0.2) is 4.79 Å². The lowest BCUT2D eigenvalue weighted by Gasteiger charge is -2.35. The summed E-state index contributed by atoms with van der Waals surface area (Å²) in [5.74, 6) is 0.00400. The van der Waals surface area contributed by atoms with E-state index in [1.165, 1.54) is 0 Å². The fourth-order valence-corrected chi connectivity index (χ4v) is 2.39. The zero-order valence-electron chi connectivity index (χ0n) is 9.32. The number of nitrogens with one attached hydrogen (secondary N) is 1. The monoisotopic (exact) mass is 226 g/mol. The van der Waals surface area contributed by atoms with E-state index in [0.717, 1.165) is 25.9 Å². The molecule has 0 radical (unpaired) electrons. The second-order valence-corrected chi connectivity index (χ2v) is 4.24. The van der Waals surface area contributed by atoms with Crippen LogP contribution in [0.25, 0.3) is 0 Å². The Hall–Kier alpha value is -1.30. The normalized spacial score (nSPS) is 22.4. The number of hydrogen-bond donors (Lipinski definition) is 2. The fraction of sp³-hybridized carbons (Fsp3) is 0.800. The zero-order valence-corrected chi connectivity index (χ0v) is 9.32. The Labute approximate surface area is 94.7 Å². The van der Waals surface area contributed by atoms with Gasteiger partial charge in [0.25, 0.3) is 0 Å². The van der Waals surface area contributed by atoms with Crippen LogP contribution in [0.1, 0.15) is 12.8 Å². The predicted molar refractivity (Wildman–Crippen MR) is 58.8 cm³/mol. The molecule has 2 aliphatic heterocycles. The summed E-state index contributed by atoms with van der Waals surface area (Å²) in [4.78, 5) is 26.5. The first-order valence-corrected chi connectivity index (χ1v) is 5.74. The van der Waals surface area contributed by atoms with Crippen LogP contribution in [0, 0.1) is 0 Å². The average Bonchev–Trinajstić information content (AvgIpc) is 2.75. The average molecular weight is 226 g/mol. The van der Waals surface area contributed by atoms with Crippen LogP contribution < -0.4 is 11.1 Å². The standard InChI is InChI=1S/C10H18N4O2/c11-7-9(15)13-4-1-8(2-5-13)14-6-3-12-10(14)16/h8H,1-7,11H2,(H,12,16). The number of amides is 3. The lowest BCUT2D eigenvalue weighted by molar-refractivity contribution is -0.131. The van der Waals surface area contributed by atoms with Crippen molar-refractivity contribution in [3.63, 3.8) is 0 Å². The SMILES string of the molecule is NCC(=O)N1CCC(N2CCNC2=O)CC1. The Kier molecular flexibility index (Phi) is 3.28. The number of nitrogens with two attached hydrogens (primary N) is 1. The highest BCUT2D eigenvalue weighted by Crippen LogP contribution is 2.18. The molecule has 0 saturated carbocycles. The van der Waals surface area contributed by atoms with Gasteiger partial charge in [0.2, 0.25) is 5.91 Å². The number of urea groups is 1. The summed E-state index contributed by atoms with van der Waals surface area (Å²) in [6.45, 7) is 3.03. The molecule has 0 aromatic heterocycles. The van der Waals surface area contributed by atoms with Gasteiger partial charge >= 0.3 is 6.03 Å². The first kappa shape index (κ1) is 11.2. The minimum Gasteiger partial charge on any atom is -0.341 e. The topological polar surface area (TPSA) is 78.7 Å². The lowest BCUT2D eigenvalue weighted by atomic mass is 10.0.